The van der Waals surface area contributed by atoms with E-state index in [1.165, 1.54) is 6.08 Å². The highest BCUT2D eigenvalue weighted by atomic mass is 16.1. The van der Waals surface area contributed by atoms with Crippen molar-refractivity contribution < 1.29 is 4.79 Å². The Morgan fingerprint density at radius 3 is 2.69 bits per heavy atom. The fourth-order valence-corrected chi connectivity index (χ4v) is 1.03. The van der Waals surface area contributed by atoms with Crippen LogP contribution in [0.4, 0.5) is 0 Å². The summed E-state index contributed by atoms with van der Waals surface area (Å²) in [6, 6.07) is 7.18. The lowest BCUT2D eigenvalue weighted by molar-refractivity contribution is -0.104. The summed E-state index contributed by atoms with van der Waals surface area (Å²) < 4.78 is 0. The molecule has 0 atom stereocenters. The Morgan fingerprint density at radius 2 is 2.08 bits per heavy atom. The van der Waals surface area contributed by atoms with Gasteiger partial charge in [0, 0.05) is 5.56 Å². The van der Waals surface area contributed by atoms with Crippen molar-refractivity contribution in [1.82, 2.24) is 0 Å². The number of amidine groups is 1. The number of benzene rings is 1. The smallest absolute Gasteiger partial charge is 0.142 e. The Morgan fingerprint density at radius 1 is 1.38 bits per heavy atom. The number of nitrogens with one attached hydrogen (secondary N) is 1. The fourth-order valence-electron chi connectivity index (χ4n) is 1.03. The molecular formula is C10H10N2O. The summed E-state index contributed by atoms with van der Waals surface area (Å²) in [6.45, 7) is 0. The minimum Gasteiger partial charge on any atom is -0.384 e. The summed E-state index contributed by atoms with van der Waals surface area (Å²) >= 11 is 0. The molecule has 1 aromatic rings. The van der Waals surface area contributed by atoms with Crippen LogP contribution in [0.1, 0.15) is 11.1 Å². The second-order valence-electron chi connectivity index (χ2n) is 2.50. The summed E-state index contributed by atoms with van der Waals surface area (Å²) in [6.07, 6.45) is 3.70. The number of rotatable bonds is 3. The van der Waals surface area contributed by atoms with Gasteiger partial charge in [-0.2, -0.15) is 0 Å². The topological polar surface area (TPSA) is 66.9 Å². The lowest BCUT2D eigenvalue weighted by Gasteiger charge is -2.01. The highest BCUT2D eigenvalue weighted by molar-refractivity contribution is 5.98. The van der Waals surface area contributed by atoms with Crippen LogP contribution < -0.4 is 5.73 Å². The maximum absolute atomic E-state index is 10.1. The first-order chi connectivity index (χ1) is 6.25. The number of aldehydes is 1. The van der Waals surface area contributed by atoms with Crippen LogP contribution in [0.25, 0.3) is 6.08 Å². The molecule has 3 nitrogen and oxygen atoms in total. The molecule has 1 aromatic carbocycles. The van der Waals surface area contributed by atoms with Crippen molar-refractivity contribution in [2.24, 2.45) is 5.73 Å². The van der Waals surface area contributed by atoms with E-state index in [9.17, 15) is 4.79 Å². The standard InChI is InChI=1S/C10H10N2O/c11-10(12)9-6-2-1-4-8(9)5-3-7-13/h1-7H,(H3,11,12). The van der Waals surface area contributed by atoms with Crippen molar-refractivity contribution in [3.05, 3.63) is 41.5 Å². The second-order valence-corrected chi connectivity index (χ2v) is 2.50. The quantitative estimate of drug-likeness (QED) is 0.313. The Hall–Kier alpha value is -1.90. The van der Waals surface area contributed by atoms with Crippen LogP contribution in [-0.2, 0) is 4.79 Å². The Labute approximate surface area is 76.4 Å². The number of carbonyl (C=O) groups is 1. The number of allylic oxidation sites excluding steroid dienone is 1. The average molecular weight is 174 g/mol. The molecule has 0 aliphatic carbocycles. The van der Waals surface area contributed by atoms with Crippen LogP contribution in [-0.4, -0.2) is 12.1 Å². The zero-order valence-corrected chi connectivity index (χ0v) is 7.03. The second kappa shape index (κ2) is 4.21. The summed E-state index contributed by atoms with van der Waals surface area (Å²) in [5.74, 6) is 0.00569. The van der Waals surface area contributed by atoms with E-state index in [4.69, 9.17) is 11.1 Å². The molecule has 0 aliphatic heterocycles. The number of hydrogen-bond acceptors (Lipinski definition) is 2. The van der Waals surface area contributed by atoms with Crippen LogP contribution in [0, 0.1) is 5.41 Å². The van der Waals surface area contributed by atoms with Crippen LogP contribution in [0.15, 0.2) is 30.3 Å². The number of nitrogens with two attached hydrogens (primary N) is 1. The van der Waals surface area contributed by atoms with E-state index < -0.39 is 0 Å². The van der Waals surface area contributed by atoms with E-state index >= 15 is 0 Å². The van der Waals surface area contributed by atoms with Crippen LogP contribution in [0.3, 0.4) is 0 Å². The summed E-state index contributed by atoms with van der Waals surface area (Å²) in [7, 11) is 0. The van der Waals surface area contributed by atoms with E-state index in [1.54, 1.807) is 24.3 Å². The first kappa shape index (κ1) is 9.19. The molecule has 0 bridgehead atoms. The maximum atomic E-state index is 10.1. The Balaban J connectivity index is 3.11. The van der Waals surface area contributed by atoms with Gasteiger partial charge in [0.2, 0.25) is 0 Å². The summed E-state index contributed by atoms with van der Waals surface area (Å²) in [5, 5.41) is 7.27. The van der Waals surface area contributed by atoms with Crippen LogP contribution >= 0.6 is 0 Å². The Bertz CT molecular complexity index is 356. The molecule has 1 rings (SSSR count). The predicted octanol–water partition coefficient (Wildman–Crippen LogP) is 1.18. The van der Waals surface area contributed by atoms with Gasteiger partial charge in [0.1, 0.15) is 12.1 Å². The maximum Gasteiger partial charge on any atom is 0.142 e. The van der Waals surface area contributed by atoms with Crippen molar-refractivity contribution >= 4 is 18.2 Å². The van der Waals surface area contributed by atoms with Gasteiger partial charge < -0.3 is 5.73 Å². The lowest BCUT2D eigenvalue weighted by atomic mass is 10.1. The predicted molar refractivity (Wildman–Crippen MR) is 52.6 cm³/mol. The monoisotopic (exact) mass is 174 g/mol. The van der Waals surface area contributed by atoms with E-state index in [0.29, 0.717) is 11.8 Å². The SMILES string of the molecule is N=C(N)c1ccccc1C=CC=O. The van der Waals surface area contributed by atoms with E-state index in [2.05, 4.69) is 0 Å². The third kappa shape index (κ3) is 2.27. The zero-order valence-electron chi connectivity index (χ0n) is 7.03. The number of carbonyl (C=O) groups excluding carboxylic acids is 1. The molecule has 3 N–H and O–H groups in total. The van der Waals surface area contributed by atoms with Crippen molar-refractivity contribution in [3.8, 4) is 0 Å². The van der Waals surface area contributed by atoms with E-state index in [-0.39, 0.29) is 5.84 Å². The molecule has 0 aromatic heterocycles. The molecule has 3 heteroatoms. The average Bonchev–Trinajstić information content (AvgIpc) is 2.15. The molecular weight excluding hydrogens is 164 g/mol. The summed E-state index contributed by atoms with van der Waals surface area (Å²) in [4.78, 5) is 10.1. The van der Waals surface area contributed by atoms with Crippen molar-refractivity contribution in [3.63, 3.8) is 0 Å². The van der Waals surface area contributed by atoms with Crippen molar-refractivity contribution in [1.29, 1.82) is 5.41 Å². The van der Waals surface area contributed by atoms with Gasteiger partial charge in [0.25, 0.3) is 0 Å². The molecule has 0 saturated heterocycles. The third-order valence-electron chi connectivity index (χ3n) is 1.61. The van der Waals surface area contributed by atoms with Gasteiger partial charge >= 0.3 is 0 Å². The van der Waals surface area contributed by atoms with Gasteiger partial charge in [-0.05, 0) is 11.6 Å². The molecule has 0 unspecified atom stereocenters. The molecule has 66 valence electrons. The van der Waals surface area contributed by atoms with Gasteiger partial charge in [-0.25, -0.2) is 0 Å². The fraction of sp³-hybridized carbons (Fsp3) is 0. The third-order valence-corrected chi connectivity index (χ3v) is 1.61. The Kier molecular flexibility index (Phi) is 2.97. The number of hydrogen-bond donors (Lipinski definition) is 2. The van der Waals surface area contributed by atoms with Crippen LogP contribution in [0.5, 0.6) is 0 Å². The molecule has 0 fully saturated rings. The molecule has 0 radical (unpaired) electrons. The van der Waals surface area contributed by atoms with Gasteiger partial charge in [0.15, 0.2) is 0 Å². The van der Waals surface area contributed by atoms with E-state index in [0.717, 1.165) is 5.56 Å². The van der Waals surface area contributed by atoms with Gasteiger partial charge in [0.05, 0.1) is 0 Å². The van der Waals surface area contributed by atoms with Crippen molar-refractivity contribution in [2.75, 3.05) is 0 Å². The highest BCUT2D eigenvalue weighted by Gasteiger charge is 1.99. The normalized spacial score (nSPS) is 10.2. The van der Waals surface area contributed by atoms with Crippen LogP contribution in [0.2, 0.25) is 0 Å². The molecule has 0 saturated carbocycles. The van der Waals surface area contributed by atoms with Gasteiger partial charge in [-0.1, -0.05) is 30.3 Å². The van der Waals surface area contributed by atoms with Gasteiger partial charge in [-0.3, -0.25) is 10.2 Å². The van der Waals surface area contributed by atoms with E-state index in [1.807, 2.05) is 6.07 Å². The van der Waals surface area contributed by atoms with Gasteiger partial charge in [-0.15, -0.1) is 0 Å². The minimum atomic E-state index is 0.00569. The molecule has 0 spiro atoms. The minimum absolute atomic E-state index is 0.00569. The first-order valence-corrected chi connectivity index (χ1v) is 3.81. The first-order valence-electron chi connectivity index (χ1n) is 3.81. The zero-order chi connectivity index (χ0) is 9.68. The molecule has 13 heavy (non-hydrogen) atoms. The van der Waals surface area contributed by atoms with Crippen molar-refractivity contribution in [2.45, 2.75) is 0 Å². The highest BCUT2D eigenvalue weighted by Crippen LogP contribution is 2.09. The molecule has 0 aliphatic rings. The molecule has 0 amide bonds. The number of nitrogen functional groups attached to an aromatic ring is 1. The lowest BCUT2D eigenvalue weighted by Crippen LogP contribution is -2.12. The summed E-state index contributed by atoms with van der Waals surface area (Å²) in [5.41, 5.74) is 6.77. The largest absolute Gasteiger partial charge is 0.384 e. The molecule has 0 heterocycles.